The molecule has 0 spiro atoms. The van der Waals surface area contributed by atoms with Crippen LogP contribution in [-0.2, 0) is 0 Å². The van der Waals surface area contributed by atoms with Crippen molar-refractivity contribution < 1.29 is 4.92 Å². The first kappa shape index (κ1) is 13.4. The zero-order valence-corrected chi connectivity index (χ0v) is 11.3. The molecule has 2 unspecified atom stereocenters. The summed E-state index contributed by atoms with van der Waals surface area (Å²) >= 11 is 1.65. The number of rotatable bonds is 5. The molecule has 0 amide bonds. The fourth-order valence-corrected chi connectivity index (χ4v) is 3.77. The Bertz CT molecular complexity index is 425. The fraction of sp³-hybridized carbons (Fsp3) is 0.538. The van der Waals surface area contributed by atoms with Crippen molar-refractivity contribution in [2.45, 2.75) is 42.4 Å². The van der Waals surface area contributed by atoms with Crippen LogP contribution in [0.25, 0.3) is 0 Å². The lowest BCUT2D eigenvalue weighted by Gasteiger charge is -2.11. The van der Waals surface area contributed by atoms with Gasteiger partial charge in [-0.2, -0.15) is 0 Å². The van der Waals surface area contributed by atoms with Crippen LogP contribution in [0.2, 0.25) is 0 Å². The first-order valence-electron chi connectivity index (χ1n) is 6.34. The number of nitrogens with zero attached hydrogens (tertiary/aromatic N) is 1. The third-order valence-corrected chi connectivity index (χ3v) is 4.59. The number of para-hydroxylation sites is 1. The van der Waals surface area contributed by atoms with Crippen LogP contribution in [0.15, 0.2) is 29.2 Å². The largest absolute Gasteiger partial charge is 0.314 e. The molecule has 0 heterocycles. The zero-order valence-electron chi connectivity index (χ0n) is 10.5. The normalized spacial score (nSPS) is 23.2. The van der Waals surface area contributed by atoms with E-state index in [0.29, 0.717) is 11.3 Å². The van der Waals surface area contributed by atoms with Crippen LogP contribution in [0.4, 0.5) is 5.69 Å². The van der Waals surface area contributed by atoms with Crippen molar-refractivity contribution in [2.24, 2.45) is 0 Å². The summed E-state index contributed by atoms with van der Waals surface area (Å²) in [5.41, 5.74) is 0.231. The van der Waals surface area contributed by atoms with Crippen LogP contribution >= 0.6 is 11.8 Å². The van der Waals surface area contributed by atoms with Gasteiger partial charge in [0.25, 0.3) is 5.69 Å². The highest BCUT2D eigenvalue weighted by molar-refractivity contribution is 8.00. The first-order chi connectivity index (χ1) is 8.70. The highest BCUT2D eigenvalue weighted by Crippen LogP contribution is 2.38. The van der Waals surface area contributed by atoms with Crippen molar-refractivity contribution in [3.05, 3.63) is 34.4 Å². The molecule has 1 N–H and O–H groups in total. The molecule has 98 valence electrons. The van der Waals surface area contributed by atoms with E-state index in [-0.39, 0.29) is 10.6 Å². The maximum absolute atomic E-state index is 10.9. The number of benzene rings is 1. The topological polar surface area (TPSA) is 55.2 Å². The predicted molar refractivity (Wildman–Crippen MR) is 74.1 cm³/mol. The Morgan fingerprint density at radius 2 is 2.22 bits per heavy atom. The molecule has 1 fully saturated rings. The molecule has 2 rings (SSSR count). The molecule has 0 saturated heterocycles. The Labute approximate surface area is 111 Å². The molecule has 1 aliphatic rings. The average Bonchev–Trinajstić information content (AvgIpc) is 2.77. The fourth-order valence-electron chi connectivity index (χ4n) is 2.41. The van der Waals surface area contributed by atoms with Crippen molar-refractivity contribution in [1.82, 2.24) is 5.32 Å². The van der Waals surface area contributed by atoms with Crippen LogP contribution in [0, 0.1) is 10.1 Å². The lowest BCUT2D eigenvalue weighted by molar-refractivity contribution is -0.387. The van der Waals surface area contributed by atoms with Gasteiger partial charge in [-0.05, 0) is 31.9 Å². The second kappa shape index (κ2) is 6.20. The van der Waals surface area contributed by atoms with E-state index in [9.17, 15) is 10.1 Å². The molecule has 0 radical (unpaired) electrons. The molecule has 18 heavy (non-hydrogen) atoms. The number of hydrogen-bond donors (Lipinski definition) is 1. The van der Waals surface area contributed by atoms with Crippen LogP contribution in [0.5, 0.6) is 0 Å². The Balaban J connectivity index is 2.00. The van der Waals surface area contributed by atoms with E-state index in [0.717, 1.165) is 24.3 Å². The van der Waals surface area contributed by atoms with E-state index < -0.39 is 0 Å². The summed E-state index contributed by atoms with van der Waals surface area (Å²) in [5, 5.41) is 14.9. The Kier molecular flexibility index (Phi) is 4.60. The average molecular weight is 266 g/mol. The number of nitrogens with one attached hydrogen (secondary N) is 1. The van der Waals surface area contributed by atoms with Gasteiger partial charge in [0.1, 0.15) is 0 Å². The smallest absolute Gasteiger partial charge is 0.282 e. The predicted octanol–water partition coefficient (Wildman–Crippen LogP) is 3.22. The third kappa shape index (κ3) is 3.23. The molecule has 1 aliphatic carbocycles. The summed E-state index contributed by atoms with van der Waals surface area (Å²) in [7, 11) is 0. The Morgan fingerprint density at radius 3 is 2.94 bits per heavy atom. The van der Waals surface area contributed by atoms with Crippen LogP contribution in [0.1, 0.15) is 26.2 Å². The van der Waals surface area contributed by atoms with Gasteiger partial charge in [0.15, 0.2) is 0 Å². The molecule has 0 bridgehead atoms. The van der Waals surface area contributed by atoms with Gasteiger partial charge in [-0.15, -0.1) is 11.8 Å². The monoisotopic (exact) mass is 266 g/mol. The summed E-state index contributed by atoms with van der Waals surface area (Å²) < 4.78 is 0. The van der Waals surface area contributed by atoms with Gasteiger partial charge < -0.3 is 5.32 Å². The van der Waals surface area contributed by atoms with Gasteiger partial charge in [0, 0.05) is 17.4 Å². The van der Waals surface area contributed by atoms with Gasteiger partial charge in [0.2, 0.25) is 0 Å². The minimum atomic E-state index is -0.293. The summed E-state index contributed by atoms with van der Waals surface area (Å²) in [5.74, 6) is 0. The molecule has 1 aromatic carbocycles. The lowest BCUT2D eigenvalue weighted by atomic mass is 10.2. The lowest BCUT2D eigenvalue weighted by Crippen LogP contribution is -2.26. The van der Waals surface area contributed by atoms with E-state index in [1.165, 1.54) is 6.42 Å². The summed E-state index contributed by atoms with van der Waals surface area (Å²) in [6, 6.07) is 7.60. The van der Waals surface area contributed by atoms with Gasteiger partial charge in [0.05, 0.1) is 9.82 Å². The van der Waals surface area contributed by atoms with Crippen molar-refractivity contribution in [2.75, 3.05) is 6.54 Å². The third-order valence-electron chi connectivity index (χ3n) is 3.23. The van der Waals surface area contributed by atoms with E-state index >= 15 is 0 Å². The summed E-state index contributed by atoms with van der Waals surface area (Å²) in [6.07, 6.45) is 3.41. The van der Waals surface area contributed by atoms with E-state index in [2.05, 4.69) is 12.2 Å². The molecule has 2 atom stereocenters. The number of nitro benzene ring substituents is 1. The van der Waals surface area contributed by atoms with Crippen molar-refractivity contribution in [3.63, 3.8) is 0 Å². The Hall–Kier alpha value is -1.07. The van der Waals surface area contributed by atoms with Gasteiger partial charge >= 0.3 is 0 Å². The number of hydrogen-bond acceptors (Lipinski definition) is 4. The summed E-state index contributed by atoms with van der Waals surface area (Å²) in [4.78, 5) is 11.4. The zero-order chi connectivity index (χ0) is 13.0. The molecular formula is C13H18N2O2S. The van der Waals surface area contributed by atoms with Crippen LogP contribution in [-0.4, -0.2) is 22.8 Å². The molecule has 1 aromatic rings. The second-order valence-corrected chi connectivity index (χ2v) is 5.87. The van der Waals surface area contributed by atoms with Crippen molar-refractivity contribution in [1.29, 1.82) is 0 Å². The summed E-state index contributed by atoms with van der Waals surface area (Å²) in [6.45, 7) is 3.11. The molecule has 1 saturated carbocycles. The SMILES string of the molecule is CCNC1CCC(Sc2ccccc2[N+](=O)[O-])C1. The first-order valence-corrected chi connectivity index (χ1v) is 7.22. The van der Waals surface area contributed by atoms with Crippen LogP contribution < -0.4 is 5.32 Å². The molecule has 0 aromatic heterocycles. The Morgan fingerprint density at radius 1 is 1.44 bits per heavy atom. The highest BCUT2D eigenvalue weighted by atomic mass is 32.2. The maximum Gasteiger partial charge on any atom is 0.282 e. The molecule has 4 nitrogen and oxygen atoms in total. The minimum absolute atomic E-state index is 0.231. The van der Waals surface area contributed by atoms with Gasteiger partial charge in [-0.3, -0.25) is 10.1 Å². The van der Waals surface area contributed by atoms with Gasteiger partial charge in [-0.25, -0.2) is 0 Å². The molecular weight excluding hydrogens is 248 g/mol. The van der Waals surface area contributed by atoms with Crippen LogP contribution in [0.3, 0.4) is 0 Å². The second-order valence-electron chi connectivity index (χ2n) is 4.53. The van der Waals surface area contributed by atoms with Crippen molar-refractivity contribution in [3.8, 4) is 0 Å². The number of thioether (sulfide) groups is 1. The minimum Gasteiger partial charge on any atom is -0.314 e. The van der Waals surface area contributed by atoms with Gasteiger partial charge in [-0.1, -0.05) is 19.1 Å². The maximum atomic E-state index is 10.9. The number of nitro groups is 1. The highest BCUT2D eigenvalue weighted by Gasteiger charge is 2.26. The quantitative estimate of drug-likeness (QED) is 0.656. The van der Waals surface area contributed by atoms with E-state index in [1.54, 1.807) is 23.9 Å². The van der Waals surface area contributed by atoms with Crippen molar-refractivity contribution >= 4 is 17.4 Å². The molecule has 0 aliphatic heterocycles. The molecule has 5 heteroatoms. The standard InChI is InChI=1S/C13H18N2O2S/c1-2-14-10-7-8-11(9-10)18-13-6-4-3-5-12(13)15(16)17/h3-6,10-11,14H,2,7-9H2,1H3. The van der Waals surface area contributed by atoms with E-state index in [4.69, 9.17) is 0 Å². The van der Waals surface area contributed by atoms with E-state index in [1.807, 2.05) is 12.1 Å².